The van der Waals surface area contributed by atoms with Crippen LogP contribution < -0.4 is 11.1 Å². The van der Waals surface area contributed by atoms with Crippen LogP contribution in [0.25, 0.3) is 16.3 Å². The van der Waals surface area contributed by atoms with Crippen LogP contribution in [-0.2, 0) is 9.53 Å². The number of pyridine rings is 2. The summed E-state index contributed by atoms with van der Waals surface area (Å²) in [6, 6.07) is 4.47. The summed E-state index contributed by atoms with van der Waals surface area (Å²) in [6.07, 6.45) is 7.45. The van der Waals surface area contributed by atoms with Gasteiger partial charge in [-0.25, -0.2) is 9.97 Å². The Morgan fingerprint density at radius 1 is 1.26 bits per heavy atom. The highest BCUT2D eigenvalue weighted by molar-refractivity contribution is 5.98. The quantitative estimate of drug-likeness (QED) is 0.505. The summed E-state index contributed by atoms with van der Waals surface area (Å²) in [5.74, 6) is 2.14. The van der Waals surface area contributed by atoms with Crippen molar-refractivity contribution in [3.05, 3.63) is 41.9 Å². The Balaban J connectivity index is 1.28. The van der Waals surface area contributed by atoms with Crippen molar-refractivity contribution in [2.45, 2.75) is 32.7 Å². The van der Waals surface area contributed by atoms with Crippen molar-refractivity contribution in [2.24, 2.45) is 22.7 Å². The Hall–Kier alpha value is -3.10. The molecule has 2 saturated carbocycles. The molecule has 1 amide bonds. The summed E-state index contributed by atoms with van der Waals surface area (Å²) < 4.78 is 5.47. The van der Waals surface area contributed by atoms with Gasteiger partial charge in [0, 0.05) is 42.8 Å². The molecule has 0 bridgehead atoms. The molecule has 2 aromatic rings. The zero-order valence-electron chi connectivity index (χ0n) is 19.8. The van der Waals surface area contributed by atoms with Crippen LogP contribution in [0.2, 0.25) is 0 Å². The number of ether oxygens (including phenoxy) is 1. The predicted molar refractivity (Wildman–Crippen MR) is 135 cm³/mol. The monoisotopic (exact) mass is 460 g/mol. The smallest absolute Gasteiger partial charge is 0.229 e. The molecule has 8 nitrogen and oxygen atoms in total. The highest BCUT2D eigenvalue weighted by Gasteiger charge is 2.60. The van der Waals surface area contributed by atoms with Gasteiger partial charge in [-0.05, 0) is 80.0 Å². The fourth-order valence-electron chi connectivity index (χ4n) is 5.58. The Morgan fingerprint density at radius 3 is 2.71 bits per heavy atom. The van der Waals surface area contributed by atoms with Gasteiger partial charge >= 0.3 is 0 Å². The maximum absolute atomic E-state index is 13.0. The van der Waals surface area contributed by atoms with E-state index in [1.54, 1.807) is 12.4 Å². The van der Waals surface area contributed by atoms with Crippen LogP contribution in [0, 0.1) is 17.8 Å². The molecule has 1 saturated heterocycles. The van der Waals surface area contributed by atoms with Crippen LogP contribution >= 0.6 is 0 Å². The minimum absolute atomic E-state index is 0.0820. The lowest BCUT2D eigenvalue weighted by Gasteiger charge is -2.33. The van der Waals surface area contributed by atoms with Gasteiger partial charge in [0.15, 0.2) is 0 Å². The number of carbonyl (C=O) groups excluding carboxylic acids is 1. The van der Waals surface area contributed by atoms with Crippen LogP contribution in [0.3, 0.4) is 0 Å². The second-order valence-corrected chi connectivity index (χ2v) is 9.61. The van der Waals surface area contributed by atoms with Gasteiger partial charge in [-0.1, -0.05) is 0 Å². The van der Waals surface area contributed by atoms with Crippen molar-refractivity contribution in [3.8, 4) is 0 Å². The molecule has 178 valence electrons. The van der Waals surface area contributed by atoms with Gasteiger partial charge in [0.1, 0.15) is 11.6 Å². The highest BCUT2D eigenvalue weighted by atomic mass is 16.5. The van der Waals surface area contributed by atoms with Crippen molar-refractivity contribution in [1.29, 1.82) is 0 Å². The normalized spacial score (nSPS) is 27.5. The second-order valence-electron chi connectivity index (χ2n) is 9.61. The highest BCUT2D eigenvalue weighted by Crippen LogP contribution is 2.58. The first kappa shape index (κ1) is 22.7. The topological polar surface area (TPSA) is 106 Å². The second kappa shape index (κ2) is 9.27. The van der Waals surface area contributed by atoms with Gasteiger partial charge in [0.25, 0.3) is 0 Å². The maximum Gasteiger partial charge on any atom is 0.229 e. The molecular formula is C26H32N6O2. The fourth-order valence-corrected chi connectivity index (χ4v) is 5.58. The summed E-state index contributed by atoms with van der Waals surface area (Å²) >= 11 is 0. The number of rotatable bonds is 6. The minimum atomic E-state index is 0.0820. The van der Waals surface area contributed by atoms with E-state index >= 15 is 0 Å². The third-order valence-corrected chi connectivity index (χ3v) is 7.69. The number of hydrogen-bond acceptors (Lipinski definition) is 7. The number of amides is 1. The number of nitrogens with one attached hydrogen (secondary N) is 1. The van der Waals surface area contributed by atoms with E-state index in [9.17, 15) is 4.79 Å². The van der Waals surface area contributed by atoms with Crippen molar-refractivity contribution in [2.75, 3.05) is 37.4 Å². The molecule has 2 aliphatic carbocycles. The molecule has 3 aliphatic rings. The Bertz CT molecular complexity index is 1170. The summed E-state index contributed by atoms with van der Waals surface area (Å²) in [4.78, 5) is 28.3. The van der Waals surface area contributed by atoms with E-state index in [-0.39, 0.29) is 11.8 Å². The van der Waals surface area contributed by atoms with Gasteiger partial charge in [0.05, 0.1) is 18.9 Å². The molecule has 0 radical (unpaired) electrons. The van der Waals surface area contributed by atoms with Gasteiger partial charge < -0.3 is 15.8 Å². The Labute approximate surface area is 200 Å². The number of hydrogen-bond donors (Lipinski definition) is 2. The van der Waals surface area contributed by atoms with E-state index in [2.05, 4.69) is 31.9 Å². The molecule has 2 unspecified atom stereocenters. The van der Waals surface area contributed by atoms with E-state index < -0.39 is 0 Å². The molecule has 0 aromatic carbocycles. The van der Waals surface area contributed by atoms with Crippen molar-refractivity contribution in [1.82, 2.24) is 14.9 Å². The summed E-state index contributed by atoms with van der Waals surface area (Å²) in [5, 5.41) is 4.72. The van der Waals surface area contributed by atoms with E-state index in [1.807, 2.05) is 32.1 Å². The van der Waals surface area contributed by atoms with Gasteiger partial charge in [-0.3, -0.25) is 14.7 Å². The summed E-state index contributed by atoms with van der Waals surface area (Å²) in [6.45, 7) is 11.1. The molecule has 3 heterocycles. The number of aliphatic imine (C=N–C) groups is 1. The maximum atomic E-state index is 13.0. The molecule has 34 heavy (non-hydrogen) atoms. The van der Waals surface area contributed by atoms with Crippen molar-refractivity contribution in [3.63, 3.8) is 0 Å². The standard InChI is InChI=1S/C26H32N6O2/c1-15(4-5-28-3)16(2)22-10-17-11-23(29-14-21(17)25(27)30-22)31-26(33)24-19-12-18(13-20(19)24)32-6-8-34-9-7-32/h4-5,10-11,14,18-20,24H,3,6-9,12-13H2,1-2H3,(H2,27,30)(H,29,31,33)/b5-4-,16-15+/t18?,19-,20+,24?. The first-order chi connectivity index (χ1) is 16.5. The zero-order chi connectivity index (χ0) is 23.8. The molecule has 1 aliphatic heterocycles. The molecule has 2 aromatic heterocycles. The van der Waals surface area contributed by atoms with Crippen molar-refractivity contribution < 1.29 is 9.53 Å². The first-order valence-electron chi connectivity index (χ1n) is 12.0. The molecule has 5 rings (SSSR count). The van der Waals surface area contributed by atoms with Crippen molar-refractivity contribution >= 4 is 40.6 Å². The number of aromatic nitrogens is 2. The first-order valence-corrected chi connectivity index (χ1v) is 12.0. The fraction of sp³-hybridized carbons (Fsp3) is 0.462. The lowest BCUT2D eigenvalue weighted by Crippen LogP contribution is -2.43. The summed E-state index contributed by atoms with van der Waals surface area (Å²) in [5.41, 5.74) is 9.03. The number of fused-ring (bicyclic) bond motifs is 2. The number of allylic oxidation sites excluding steroid dienone is 3. The molecular weight excluding hydrogens is 428 g/mol. The number of nitrogens with zero attached hydrogens (tertiary/aromatic N) is 4. The number of nitrogen functional groups attached to an aromatic ring is 1. The van der Waals surface area contributed by atoms with E-state index in [1.165, 1.54) is 0 Å². The number of carbonyl (C=O) groups is 1. The summed E-state index contributed by atoms with van der Waals surface area (Å²) in [7, 11) is 0. The number of morpholine rings is 1. The Morgan fingerprint density at radius 2 is 2.00 bits per heavy atom. The lowest BCUT2D eigenvalue weighted by atomic mass is 10.0. The van der Waals surface area contributed by atoms with Gasteiger partial charge in [-0.2, -0.15) is 0 Å². The lowest BCUT2D eigenvalue weighted by molar-refractivity contribution is -0.118. The molecule has 3 N–H and O–H groups in total. The molecule has 8 heteroatoms. The average molecular weight is 461 g/mol. The average Bonchev–Trinajstić information content (AvgIpc) is 3.36. The van der Waals surface area contributed by atoms with E-state index in [4.69, 9.17) is 10.5 Å². The Kier molecular flexibility index (Phi) is 6.18. The van der Waals surface area contributed by atoms with E-state index in [0.717, 1.165) is 66.8 Å². The minimum Gasteiger partial charge on any atom is -0.383 e. The number of anilines is 2. The van der Waals surface area contributed by atoms with Crippen LogP contribution in [0.5, 0.6) is 0 Å². The molecule has 0 spiro atoms. The third kappa shape index (κ3) is 4.35. The van der Waals surface area contributed by atoms with Crippen LogP contribution in [0.4, 0.5) is 11.6 Å². The third-order valence-electron chi connectivity index (χ3n) is 7.69. The SMILES string of the molecule is C=N/C=C\C(C)=C(/C)c1cc2cc(NC(=O)C3[C@H]4CC(N5CCOCC5)C[C@@H]34)ncc2c(N)n1. The zero-order valence-corrected chi connectivity index (χ0v) is 19.8. The largest absolute Gasteiger partial charge is 0.383 e. The molecule has 3 fully saturated rings. The van der Waals surface area contributed by atoms with Gasteiger partial charge in [0.2, 0.25) is 5.91 Å². The molecule has 4 atom stereocenters. The number of nitrogens with two attached hydrogens (primary N) is 1. The van der Waals surface area contributed by atoms with E-state index in [0.29, 0.717) is 29.5 Å². The van der Waals surface area contributed by atoms with Crippen LogP contribution in [-0.4, -0.2) is 59.8 Å². The van der Waals surface area contributed by atoms with Gasteiger partial charge in [-0.15, -0.1) is 0 Å². The van der Waals surface area contributed by atoms with Crippen LogP contribution in [0.15, 0.2) is 41.2 Å². The van der Waals surface area contributed by atoms with Crippen LogP contribution in [0.1, 0.15) is 32.4 Å². The predicted octanol–water partition coefficient (Wildman–Crippen LogP) is 3.52.